The maximum absolute atomic E-state index is 12.9. The Morgan fingerprint density at radius 2 is 2.00 bits per heavy atom. The molecule has 0 aliphatic carbocycles. The van der Waals surface area contributed by atoms with Crippen molar-refractivity contribution in [3.05, 3.63) is 29.6 Å². The third kappa shape index (κ3) is 3.95. The summed E-state index contributed by atoms with van der Waals surface area (Å²) in [6.45, 7) is 0. The van der Waals surface area contributed by atoms with Gasteiger partial charge in [0, 0.05) is 0 Å². The number of carbonyl (C=O) groups excluding carboxylic acids is 2. The van der Waals surface area contributed by atoms with E-state index in [1.54, 1.807) is 0 Å². The molecule has 8 heteroatoms. The summed E-state index contributed by atoms with van der Waals surface area (Å²) in [6.07, 6.45) is -0.614. The average Bonchev–Trinajstić information content (AvgIpc) is 2.30. The summed E-state index contributed by atoms with van der Waals surface area (Å²) >= 11 is 0. The molecule has 0 radical (unpaired) electrons. The van der Waals surface area contributed by atoms with Gasteiger partial charge in [-0.1, -0.05) is 0 Å². The van der Waals surface area contributed by atoms with Crippen LogP contribution in [0.25, 0.3) is 0 Å². The molecule has 1 aromatic carbocycles. The van der Waals surface area contributed by atoms with Gasteiger partial charge in [-0.3, -0.25) is 9.59 Å². The fourth-order valence-electron chi connectivity index (χ4n) is 1.33. The van der Waals surface area contributed by atoms with E-state index in [0.717, 1.165) is 18.2 Å². The van der Waals surface area contributed by atoms with Gasteiger partial charge in [-0.25, -0.2) is 9.18 Å². The van der Waals surface area contributed by atoms with E-state index in [2.05, 4.69) is 0 Å². The van der Waals surface area contributed by atoms with Crippen LogP contribution >= 0.6 is 0 Å². The topological polar surface area (TPSA) is 130 Å². The number of amides is 2. The van der Waals surface area contributed by atoms with Crippen LogP contribution in [0.15, 0.2) is 18.2 Å². The largest absolute Gasteiger partial charge is 0.507 e. The highest BCUT2D eigenvalue weighted by Gasteiger charge is 2.24. The molecular formula is C11H11FN2O5. The van der Waals surface area contributed by atoms with E-state index < -0.39 is 47.4 Å². The van der Waals surface area contributed by atoms with Gasteiger partial charge in [0.15, 0.2) is 0 Å². The quantitative estimate of drug-likeness (QED) is 0.578. The van der Waals surface area contributed by atoms with Crippen molar-refractivity contribution in [1.82, 2.24) is 5.32 Å². The minimum absolute atomic E-state index is 0.435. The van der Waals surface area contributed by atoms with E-state index >= 15 is 0 Å². The molecule has 0 unspecified atom stereocenters. The normalized spacial score (nSPS) is 11.6. The molecule has 0 heterocycles. The number of hydrogen-bond acceptors (Lipinski definition) is 4. The van der Waals surface area contributed by atoms with Gasteiger partial charge >= 0.3 is 5.97 Å². The smallest absolute Gasteiger partial charge is 0.326 e. The number of benzene rings is 1. The van der Waals surface area contributed by atoms with Gasteiger partial charge < -0.3 is 21.3 Å². The first-order valence-electron chi connectivity index (χ1n) is 5.11. The number of phenolic OH excluding ortho intramolecular Hbond substituents is 1. The Balaban J connectivity index is 2.90. The molecular weight excluding hydrogens is 259 g/mol. The number of carbonyl (C=O) groups is 3. The molecule has 0 saturated carbocycles. The number of halogens is 1. The Bertz CT molecular complexity index is 532. The van der Waals surface area contributed by atoms with Crippen LogP contribution < -0.4 is 11.1 Å². The second kappa shape index (κ2) is 5.80. The predicted molar refractivity (Wildman–Crippen MR) is 60.8 cm³/mol. The summed E-state index contributed by atoms with van der Waals surface area (Å²) in [7, 11) is 0. The zero-order chi connectivity index (χ0) is 14.6. The van der Waals surface area contributed by atoms with E-state index in [0.29, 0.717) is 0 Å². The Morgan fingerprint density at radius 3 is 2.53 bits per heavy atom. The molecule has 0 bridgehead atoms. The number of hydrogen-bond donors (Lipinski definition) is 4. The molecule has 1 aromatic rings. The van der Waals surface area contributed by atoms with Gasteiger partial charge in [-0.15, -0.1) is 0 Å². The van der Waals surface area contributed by atoms with Crippen LogP contribution in [0, 0.1) is 5.82 Å². The first-order chi connectivity index (χ1) is 8.81. The van der Waals surface area contributed by atoms with Crippen molar-refractivity contribution in [2.24, 2.45) is 5.73 Å². The van der Waals surface area contributed by atoms with Gasteiger partial charge in [-0.2, -0.15) is 0 Å². The summed E-state index contributed by atoms with van der Waals surface area (Å²) in [6, 6.07) is 1.08. The van der Waals surface area contributed by atoms with E-state index in [1.807, 2.05) is 5.32 Å². The molecule has 0 aliphatic rings. The van der Waals surface area contributed by atoms with E-state index in [9.17, 15) is 23.9 Å². The van der Waals surface area contributed by atoms with Crippen LogP contribution in [0.5, 0.6) is 5.75 Å². The summed E-state index contributed by atoms with van der Waals surface area (Å²) in [4.78, 5) is 33.1. The predicted octanol–water partition coefficient (Wildman–Crippen LogP) is -0.410. The lowest BCUT2D eigenvalue weighted by atomic mass is 10.1. The van der Waals surface area contributed by atoms with Crippen LogP contribution in [0.1, 0.15) is 16.8 Å². The lowest BCUT2D eigenvalue weighted by molar-refractivity contribution is -0.140. The standard InChI is InChI=1S/C11H11FN2O5/c12-5-1-2-8(15)6(3-5)10(17)14-7(11(18)19)4-9(13)16/h1-3,7,15H,4H2,(H2,13,16)(H,14,17)(H,18,19)/t7-/m0/s1. The van der Waals surface area contributed by atoms with Gasteiger partial charge in [0.05, 0.1) is 12.0 Å². The van der Waals surface area contributed by atoms with Crippen LogP contribution in [0.3, 0.4) is 0 Å². The van der Waals surface area contributed by atoms with E-state index in [1.165, 1.54) is 0 Å². The number of nitrogens with two attached hydrogens (primary N) is 1. The second-order valence-electron chi connectivity index (χ2n) is 3.70. The summed E-state index contributed by atoms with van der Waals surface area (Å²) in [5, 5.41) is 20.1. The van der Waals surface area contributed by atoms with Crippen molar-refractivity contribution in [3.8, 4) is 5.75 Å². The maximum atomic E-state index is 12.9. The zero-order valence-electron chi connectivity index (χ0n) is 9.59. The third-order valence-electron chi connectivity index (χ3n) is 2.21. The lowest BCUT2D eigenvalue weighted by Crippen LogP contribution is -2.43. The first-order valence-corrected chi connectivity index (χ1v) is 5.11. The minimum Gasteiger partial charge on any atom is -0.507 e. The Morgan fingerprint density at radius 1 is 1.37 bits per heavy atom. The third-order valence-corrected chi connectivity index (χ3v) is 2.21. The molecule has 1 atom stereocenters. The Kier molecular flexibility index (Phi) is 4.41. The minimum atomic E-state index is -1.55. The van der Waals surface area contributed by atoms with E-state index in [-0.39, 0.29) is 0 Å². The van der Waals surface area contributed by atoms with Crippen molar-refractivity contribution in [1.29, 1.82) is 0 Å². The zero-order valence-corrected chi connectivity index (χ0v) is 9.59. The molecule has 5 N–H and O–H groups in total. The molecule has 19 heavy (non-hydrogen) atoms. The molecule has 7 nitrogen and oxygen atoms in total. The van der Waals surface area contributed by atoms with Crippen LogP contribution in [-0.2, 0) is 9.59 Å². The highest BCUT2D eigenvalue weighted by Crippen LogP contribution is 2.17. The summed E-state index contributed by atoms with van der Waals surface area (Å²) in [5.41, 5.74) is 4.40. The highest BCUT2D eigenvalue weighted by atomic mass is 19.1. The number of carboxylic acid groups (broad SMARTS) is 1. The van der Waals surface area contributed by atoms with Crippen LogP contribution in [0.2, 0.25) is 0 Å². The number of rotatable bonds is 5. The number of phenols is 1. The number of aromatic hydroxyl groups is 1. The highest BCUT2D eigenvalue weighted by molar-refractivity contribution is 5.99. The van der Waals surface area contributed by atoms with E-state index in [4.69, 9.17) is 10.8 Å². The van der Waals surface area contributed by atoms with Crippen LogP contribution in [-0.4, -0.2) is 34.0 Å². The van der Waals surface area contributed by atoms with Crippen molar-refractivity contribution in [2.45, 2.75) is 12.5 Å². The number of carboxylic acids is 1. The lowest BCUT2D eigenvalue weighted by Gasteiger charge is -2.13. The number of aliphatic carboxylic acids is 1. The van der Waals surface area contributed by atoms with Crippen molar-refractivity contribution in [2.75, 3.05) is 0 Å². The number of nitrogens with one attached hydrogen (secondary N) is 1. The van der Waals surface area contributed by atoms with Crippen LogP contribution in [0.4, 0.5) is 4.39 Å². The SMILES string of the molecule is NC(=O)C[C@H](NC(=O)c1cc(F)ccc1O)C(=O)O. The first kappa shape index (κ1) is 14.4. The molecule has 2 amide bonds. The molecule has 0 aliphatic heterocycles. The van der Waals surface area contributed by atoms with Crippen molar-refractivity contribution < 1.29 is 29.0 Å². The Hall–Kier alpha value is -2.64. The second-order valence-corrected chi connectivity index (χ2v) is 3.70. The molecule has 0 saturated heterocycles. The van der Waals surface area contributed by atoms with Gasteiger partial charge in [0.1, 0.15) is 17.6 Å². The average molecular weight is 270 g/mol. The molecule has 102 valence electrons. The summed E-state index contributed by atoms with van der Waals surface area (Å²) in [5.74, 6) is -4.70. The molecule has 0 fully saturated rings. The monoisotopic (exact) mass is 270 g/mol. The molecule has 1 rings (SSSR count). The van der Waals surface area contributed by atoms with Crippen molar-refractivity contribution >= 4 is 17.8 Å². The van der Waals surface area contributed by atoms with Gasteiger partial charge in [0.2, 0.25) is 5.91 Å². The fourth-order valence-corrected chi connectivity index (χ4v) is 1.33. The molecule has 0 spiro atoms. The van der Waals surface area contributed by atoms with Crippen molar-refractivity contribution in [3.63, 3.8) is 0 Å². The Labute approximate surface area is 106 Å². The van der Waals surface area contributed by atoms with Gasteiger partial charge in [0.25, 0.3) is 5.91 Å². The fraction of sp³-hybridized carbons (Fsp3) is 0.182. The maximum Gasteiger partial charge on any atom is 0.326 e. The number of primary amides is 1. The summed E-state index contributed by atoms with van der Waals surface area (Å²) < 4.78 is 12.9. The molecule has 0 aromatic heterocycles. The van der Waals surface area contributed by atoms with Gasteiger partial charge in [-0.05, 0) is 18.2 Å².